The predicted molar refractivity (Wildman–Crippen MR) is 112 cm³/mol. The van der Waals surface area contributed by atoms with Gasteiger partial charge in [-0.1, -0.05) is 0 Å². The largest absolute Gasteiger partial charge is 0.326 e. The van der Waals surface area contributed by atoms with Gasteiger partial charge in [0.15, 0.2) is 17.5 Å². The average molecular weight is 444 g/mol. The van der Waals surface area contributed by atoms with Gasteiger partial charge in [0.05, 0.1) is 23.1 Å². The first kappa shape index (κ1) is 21.5. The molecule has 1 unspecified atom stereocenters. The summed E-state index contributed by atoms with van der Waals surface area (Å²) in [6.07, 6.45) is 1.29. The molecular formula is C22H19F3N4O3. The zero-order valence-electron chi connectivity index (χ0n) is 17.2. The van der Waals surface area contributed by atoms with Crippen LogP contribution in [0.2, 0.25) is 0 Å². The van der Waals surface area contributed by atoms with E-state index in [1.165, 1.54) is 17.0 Å². The number of nitrogens with zero attached hydrogens (tertiary/aromatic N) is 3. The topological polar surface area (TPSA) is 84.3 Å². The van der Waals surface area contributed by atoms with Crippen molar-refractivity contribution in [3.63, 3.8) is 0 Å². The highest BCUT2D eigenvalue weighted by molar-refractivity contribution is 6.04. The number of carbonyl (C=O) groups excluding carboxylic acids is 2. The van der Waals surface area contributed by atoms with Crippen molar-refractivity contribution in [3.8, 4) is 0 Å². The summed E-state index contributed by atoms with van der Waals surface area (Å²) in [5, 5.41) is 3.01. The maximum Gasteiger partial charge on any atom is 0.261 e. The van der Waals surface area contributed by atoms with Crippen LogP contribution in [-0.2, 0) is 9.59 Å². The van der Waals surface area contributed by atoms with Crippen LogP contribution in [0, 0.1) is 23.4 Å². The minimum atomic E-state index is -1.63. The minimum absolute atomic E-state index is 0.0886. The van der Waals surface area contributed by atoms with E-state index in [9.17, 15) is 27.6 Å². The maximum atomic E-state index is 13.5. The van der Waals surface area contributed by atoms with Crippen molar-refractivity contribution < 1.29 is 22.8 Å². The van der Waals surface area contributed by atoms with Crippen LogP contribution in [0.1, 0.15) is 26.3 Å². The monoisotopic (exact) mass is 444 g/mol. The molecule has 1 aromatic heterocycles. The molecule has 1 aliphatic rings. The maximum absolute atomic E-state index is 13.5. The lowest BCUT2D eigenvalue weighted by Crippen LogP contribution is -2.28. The lowest BCUT2D eigenvalue weighted by molar-refractivity contribution is -0.122. The highest BCUT2D eigenvalue weighted by Gasteiger charge is 2.36. The van der Waals surface area contributed by atoms with Gasteiger partial charge in [-0.25, -0.2) is 18.2 Å². The number of rotatable bonds is 4. The number of aromatic nitrogens is 2. The molecule has 0 spiro atoms. The Hall–Kier alpha value is -3.69. The fourth-order valence-corrected chi connectivity index (χ4v) is 3.66. The highest BCUT2D eigenvalue weighted by Crippen LogP contribution is 2.28. The number of hydrogen-bond donors (Lipinski definition) is 1. The van der Waals surface area contributed by atoms with E-state index in [1.807, 2.05) is 13.8 Å². The molecule has 3 aromatic rings. The van der Waals surface area contributed by atoms with Crippen molar-refractivity contribution in [3.05, 3.63) is 64.5 Å². The first-order valence-corrected chi connectivity index (χ1v) is 9.92. The molecule has 7 nitrogen and oxygen atoms in total. The summed E-state index contributed by atoms with van der Waals surface area (Å²) in [4.78, 5) is 43.0. The van der Waals surface area contributed by atoms with Crippen LogP contribution in [0.25, 0.3) is 10.9 Å². The second kappa shape index (κ2) is 8.10. The second-order valence-corrected chi connectivity index (χ2v) is 7.90. The molecule has 0 aliphatic carbocycles. The van der Waals surface area contributed by atoms with Crippen LogP contribution in [0.5, 0.6) is 0 Å². The molecule has 0 saturated carbocycles. The minimum Gasteiger partial charge on any atom is -0.326 e. The molecule has 1 atom stereocenters. The smallest absolute Gasteiger partial charge is 0.261 e. The number of fused-ring (bicyclic) bond motifs is 1. The van der Waals surface area contributed by atoms with E-state index >= 15 is 0 Å². The number of amides is 2. The number of halogens is 3. The van der Waals surface area contributed by atoms with Gasteiger partial charge in [0.2, 0.25) is 11.8 Å². The summed E-state index contributed by atoms with van der Waals surface area (Å²) in [5.41, 5.74) is 0.427. The molecular weight excluding hydrogens is 425 g/mol. The van der Waals surface area contributed by atoms with E-state index in [1.54, 1.807) is 12.1 Å². The van der Waals surface area contributed by atoms with E-state index in [0.29, 0.717) is 28.7 Å². The normalized spacial score (nSPS) is 16.2. The number of benzene rings is 2. The lowest BCUT2D eigenvalue weighted by Gasteiger charge is -2.17. The van der Waals surface area contributed by atoms with Crippen molar-refractivity contribution in [2.75, 3.05) is 16.8 Å². The molecule has 2 amide bonds. The van der Waals surface area contributed by atoms with Gasteiger partial charge in [-0.2, -0.15) is 0 Å². The van der Waals surface area contributed by atoms with Gasteiger partial charge in [-0.15, -0.1) is 0 Å². The van der Waals surface area contributed by atoms with E-state index in [-0.39, 0.29) is 30.3 Å². The van der Waals surface area contributed by atoms with Crippen LogP contribution in [0.3, 0.4) is 0 Å². The summed E-state index contributed by atoms with van der Waals surface area (Å²) < 4.78 is 41.8. The fourth-order valence-electron chi connectivity index (χ4n) is 3.66. The van der Waals surface area contributed by atoms with Crippen molar-refractivity contribution in [1.29, 1.82) is 0 Å². The molecule has 1 N–H and O–H groups in total. The zero-order chi connectivity index (χ0) is 23.2. The van der Waals surface area contributed by atoms with Gasteiger partial charge in [-0.05, 0) is 32.0 Å². The van der Waals surface area contributed by atoms with Crippen LogP contribution < -0.4 is 15.8 Å². The molecule has 10 heteroatoms. The lowest BCUT2D eigenvalue weighted by atomic mass is 10.1. The highest BCUT2D eigenvalue weighted by atomic mass is 19.2. The molecule has 4 rings (SSSR count). The molecule has 166 valence electrons. The Morgan fingerprint density at radius 1 is 1.12 bits per heavy atom. The third-order valence-corrected chi connectivity index (χ3v) is 5.38. The molecule has 2 aromatic carbocycles. The first-order valence-electron chi connectivity index (χ1n) is 9.92. The molecule has 32 heavy (non-hydrogen) atoms. The average Bonchev–Trinajstić information content (AvgIpc) is 3.14. The fraction of sp³-hybridized carbons (Fsp3) is 0.273. The van der Waals surface area contributed by atoms with Crippen LogP contribution in [-0.4, -0.2) is 27.9 Å². The summed E-state index contributed by atoms with van der Waals surface area (Å²) >= 11 is 0. The van der Waals surface area contributed by atoms with E-state index in [0.717, 1.165) is 4.90 Å². The Bertz CT molecular complexity index is 1280. The summed E-state index contributed by atoms with van der Waals surface area (Å²) in [6, 6.07) is 6.05. The second-order valence-electron chi connectivity index (χ2n) is 7.90. The SMILES string of the molecule is CC(C)n1cnc2ccc(NC(=O)C3CC(=O)N(c4cc(F)c(F)c(F)c4)C3)cc2c1=O. The molecule has 2 heterocycles. The quantitative estimate of drug-likeness (QED) is 0.626. The van der Waals surface area contributed by atoms with Gasteiger partial charge in [0.25, 0.3) is 5.56 Å². The van der Waals surface area contributed by atoms with Gasteiger partial charge in [-0.3, -0.25) is 19.0 Å². The summed E-state index contributed by atoms with van der Waals surface area (Å²) in [5.74, 6) is -6.27. The number of anilines is 2. The Morgan fingerprint density at radius 2 is 1.81 bits per heavy atom. The van der Waals surface area contributed by atoms with Crippen LogP contribution >= 0.6 is 0 Å². The molecule has 1 saturated heterocycles. The zero-order valence-corrected chi connectivity index (χ0v) is 17.2. The van der Waals surface area contributed by atoms with Crippen molar-refractivity contribution in [2.24, 2.45) is 5.92 Å². The molecule has 0 radical (unpaired) electrons. The van der Waals surface area contributed by atoms with E-state index < -0.39 is 35.2 Å². The molecule has 1 aliphatic heterocycles. The first-order chi connectivity index (χ1) is 15.2. The Morgan fingerprint density at radius 3 is 2.47 bits per heavy atom. The van der Waals surface area contributed by atoms with Crippen molar-refractivity contribution in [2.45, 2.75) is 26.3 Å². The van der Waals surface area contributed by atoms with Crippen LogP contribution in [0.15, 0.2) is 41.5 Å². The number of nitrogens with one attached hydrogen (secondary N) is 1. The third kappa shape index (κ3) is 3.83. The van der Waals surface area contributed by atoms with Crippen molar-refractivity contribution >= 4 is 34.1 Å². The van der Waals surface area contributed by atoms with E-state index in [2.05, 4.69) is 10.3 Å². The van der Waals surface area contributed by atoms with Crippen LogP contribution in [0.4, 0.5) is 24.5 Å². The van der Waals surface area contributed by atoms with Crippen molar-refractivity contribution in [1.82, 2.24) is 9.55 Å². The number of carbonyl (C=O) groups is 2. The third-order valence-electron chi connectivity index (χ3n) is 5.38. The van der Waals surface area contributed by atoms with Gasteiger partial charge in [0, 0.05) is 42.5 Å². The van der Waals surface area contributed by atoms with E-state index in [4.69, 9.17) is 0 Å². The standard InChI is InChI=1S/C22H19F3N4O3/c1-11(2)29-10-26-18-4-3-13(6-15(18)22(29)32)27-21(31)12-5-19(30)28(9-12)14-7-16(23)20(25)17(24)8-14/h3-4,6-8,10-12H,5,9H2,1-2H3,(H,27,31). The Labute approximate surface area is 180 Å². The predicted octanol–water partition coefficient (Wildman–Crippen LogP) is 3.39. The summed E-state index contributed by atoms with van der Waals surface area (Å²) in [6.45, 7) is 3.58. The number of hydrogen-bond acceptors (Lipinski definition) is 4. The Balaban J connectivity index is 1.54. The molecule has 1 fully saturated rings. The molecule has 0 bridgehead atoms. The Kier molecular flexibility index (Phi) is 5.45. The van der Waals surface area contributed by atoms with Gasteiger partial charge >= 0.3 is 0 Å². The summed E-state index contributed by atoms with van der Waals surface area (Å²) in [7, 11) is 0. The van der Waals surface area contributed by atoms with Gasteiger partial charge in [0.1, 0.15) is 0 Å². The van der Waals surface area contributed by atoms with Gasteiger partial charge < -0.3 is 10.2 Å².